The van der Waals surface area contributed by atoms with E-state index in [4.69, 9.17) is 0 Å². The van der Waals surface area contributed by atoms with E-state index in [1.165, 1.54) is 19.2 Å². The summed E-state index contributed by atoms with van der Waals surface area (Å²) in [6, 6.07) is 10.5. The molecule has 0 spiro atoms. The minimum Gasteiger partial charge on any atom is -0.344 e. The zero-order chi connectivity index (χ0) is 15.4. The molecule has 6 heteroatoms. The molecule has 0 aliphatic rings. The van der Waals surface area contributed by atoms with Crippen molar-refractivity contribution in [1.82, 2.24) is 15.1 Å². The number of aromatic nitrogens is 2. The van der Waals surface area contributed by atoms with Crippen LogP contribution in [-0.2, 0) is 7.05 Å². The number of carbonyl (C=O) groups is 1. The molecule has 110 valence electrons. The molecule has 2 aromatic rings. The van der Waals surface area contributed by atoms with Crippen LogP contribution in [0.25, 0.3) is 0 Å². The number of rotatable bonds is 4. The molecule has 1 atom stereocenters. The second kappa shape index (κ2) is 6.67. The van der Waals surface area contributed by atoms with Gasteiger partial charge in [-0.3, -0.25) is 9.59 Å². The van der Waals surface area contributed by atoms with Crippen molar-refractivity contribution in [1.29, 1.82) is 0 Å². The topological polar surface area (TPSA) is 64.0 Å². The highest BCUT2D eigenvalue weighted by molar-refractivity contribution is 9.10. The number of amides is 1. The maximum Gasteiger partial charge on any atom is 0.272 e. The molecule has 0 saturated heterocycles. The zero-order valence-corrected chi connectivity index (χ0v) is 13.4. The van der Waals surface area contributed by atoms with Crippen molar-refractivity contribution >= 4 is 21.8 Å². The third-order valence-electron chi connectivity index (χ3n) is 3.18. The Kier molecular flexibility index (Phi) is 4.90. The molecule has 0 bridgehead atoms. The minimum absolute atomic E-state index is 0.0929. The number of hydrogen-bond acceptors (Lipinski definition) is 3. The maximum atomic E-state index is 12.2. The minimum atomic E-state index is -0.291. The Labute approximate surface area is 131 Å². The van der Waals surface area contributed by atoms with E-state index in [0.717, 1.165) is 21.1 Å². The van der Waals surface area contributed by atoms with Crippen LogP contribution in [-0.4, -0.2) is 15.7 Å². The van der Waals surface area contributed by atoms with Gasteiger partial charge in [0.15, 0.2) is 0 Å². The second-order valence-electron chi connectivity index (χ2n) is 4.67. The fourth-order valence-corrected chi connectivity index (χ4v) is 2.24. The van der Waals surface area contributed by atoms with Crippen LogP contribution < -0.4 is 10.9 Å². The predicted molar refractivity (Wildman–Crippen MR) is 84.1 cm³/mol. The quantitative estimate of drug-likeness (QED) is 0.921. The molecule has 21 heavy (non-hydrogen) atoms. The summed E-state index contributed by atoms with van der Waals surface area (Å²) in [5.74, 6) is -0.291. The third kappa shape index (κ3) is 3.78. The molecule has 2 rings (SSSR count). The first-order chi connectivity index (χ1) is 10.0. The summed E-state index contributed by atoms with van der Waals surface area (Å²) >= 11 is 3.39. The van der Waals surface area contributed by atoms with Crippen LogP contribution in [0, 0.1) is 0 Å². The molecule has 1 unspecified atom stereocenters. The lowest BCUT2D eigenvalue weighted by Crippen LogP contribution is -2.31. The average Bonchev–Trinajstić information content (AvgIpc) is 2.48. The van der Waals surface area contributed by atoms with Gasteiger partial charge >= 0.3 is 0 Å². The van der Waals surface area contributed by atoms with Crippen LogP contribution in [0.15, 0.2) is 45.7 Å². The number of benzene rings is 1. The first-order valence-corrected chi connectivity index (χ1v) is 7.41. The lowest BCUT2D eigenvalue weighted by molar-refractivity contribution is 0.0928. The number of nitrogens with one attached hydrogen (secondary N) is 1. The van der Waals surface area contributed by atoms with Gasteiger partial charge in [-0.05, 0) is 30.2 Å². The van der Waals surface area contributed by atoms with Gasteiger partial charge in [0.05, 0.1) is 6.04 Å². The Morgan fingerprint density at radius 3 is 2.52 bits per heavy atom. The van der Waals surface area contributed by atoms with Gasteiger partial charge in [-0.15, -0.1) is 0 Å². The first kappa shape index (κ1) is 15.4. The van der Waals surface area contributed by atoms with Gasteiger partial charge in [0, 0.05) is 17.6 Å². The van der Waals surface area contributed by atoms with Gasteiger partial charge in [0.25, 0.3) is 11.5 Å². The summed E-state index contributed by atoms with van der Waals surface area (Å²) in [5, 5.41) is 6.89. The van der Waals surface area contributed by atoms with Crippen molar-refractivity contribution in [3.8, 4) is 0 Å². The lowest BCUT2D eigenvalue weighted by atomic mass is 10.0. The van der Waals surface area contributed by atoms with Crippen LogP contribution in [0.3, 0.4) is 0 Å². The number of nitrogens with zero attached hydrogens (tertiary/aromatic N) is 2. The van der Waals surface area contributed by atoms with Crippen molar-refractivity contribution in [2.75, 3.05) is 0 Å². The summed E-state index contributed by atoms with van der Waals surface area (Å²) < 4.78 is 2.14. The van der Waals surface area contributed by atoms with Crippen molar-refractivity contribution in [2.45, 2.75) is 19.4 Å². The molecule has 0 aliphatic carbocycles. The lowest BCUT2D eigenvalue weighted by Gasteiger charge is -2.17. The molecule has 0 fully saturated rings. The normalized spacial score (nSPS) is 12.0. The van der Waals surface area contributed by atoms with Crippen molar-refractivity contribution < 1.29 is 4.79 Å². The van der Waals surface area contributed by atoms with E-state index in [1.54, 1.807) is 0 Å². The van der Waals surface area contributed by atoms with Gasteiger partial charge in [-0.2, -0.15) is 5.10 Å². The van der Waals surface area contributed by atoms with E-state index in [1.807, 2.05) is 31.2 Å². The van der Waals surface area contributed by atoms with E-state index >= 15 is 0 Å². The first-order valence-electron chi connectivity index (χ1n) is 6.62. The Bertz CT molecular complexity index is 695. The summed E-state index contributed by atoms with van der Waals surface area (Å²) in [5.41, 5.74) is 1.01. The molecule has 0 aliphatic heterocycles. The van der Waals surface area contributed by atoms with E-state index in [0.29, 0.717) is 0 Å². The maximum absolute atomic E-state index is 12.2. The number of halogens is 1. The van der Waals surface area contributed by atoms with E-state index in [2.05, 4.69) is 26.3 Å². The van der Waals surface area contributed by atoms with Gasteiger partial charge < -0.3 is 5.32 Å². The molecular weight excluding hydrogens is 334 g/mol. The fourth-order valence-electron chi connectivity index (χ4n) is 1.97. The second-order valence-corrected chi connectivity index (χ2v) is 5.58. The molecule has 1 amide bonds. The average molecular weight is 350 g/mol. The molecular formula is C15H16BrN3O2. The summed E-state index contributed by atoms with van der Waals surface area (Å²) in [4.78, 5) is 23.5. The highest BCUT2D eigenvalue weighted by Gasteiger charge is 2.15. The SMILES string of the molecule is CCC(NC(=O)c1ccc(=O)n(C)n1)c1ccc(Br)cc1. The summed E-state index contributed by atoms with van der Waals surface area (Å²) in [7, 11) is 1.52. The standard InChI is InChI=1S/C15H16BrN3O2/c1-3-12(10-4-6-11(16)7-5-10)17-15(21)13-8-9-14(20)19(2)18-13/h4-9,12H,3H2,1-2H3,(H,17,21). The van der Waals surface area contributed by atoms with E-state index < -0.39 is 0 Å². The van der Waals surface area contributed by atoms with Gasteiger partial charge in [-0.25, -0.2) is 4.68 Å². The largest absolute Gasteiger partial charge is 0.344 e. The highest BCUT2D eigenvalue weighted by atomic mass is 79.9. The van der Waals surface area contributed by atoms with E-state index in [9.17, 15) is 9.59 Å². The van der Waals surface area contributed by atoms with Crippen molar-refractivity contribution in [3.05, 3.63) is 62.5 Å². The highest BCUT2D eigenvalue weighted by Crippen LogP contribution is 2.19. The Hall–Kier alpha value is -1.95. The molecule has 1 aromatic carbocycles. The van der Waals surface area contributed by atoms with Crippen LogP contribution >= 0.6 is 15.9 Å². The fraction of sp³-hybridized carbons (Fsp3) is 0.267. The predicted octanol–water partition coefficient (Wildman–Crippen LogP) is 2.42. The number of carbonyl (C=O) groups excluding carboxylic acids is 1. The Morgan fingerprint density at radius 1 is 1.29 bits per heavy atom. The summed E-state index contributed by atoms with van der Waals surface area (Å²) in [6.07, 6.45) is 0.763. The smallest absolute Gasteiger partial charge is 0.272 e. The molecule has 0 radical (unpaired) electrons. The molecule has 5 nitrogen and oxygen atoms in total. The van der Waals surface area contributed by atoms with E-state index in [-0.39, 0.29) is 23.2 Å². The van der Waals surface area contributed by atoms with Crippen LogP contribution in [0.5, 0.6) is 0 Å². The van der Waals surface area contributed by atoms with Gasteiger partial charge in [0.2, 0.25) is 0 Å². The molecule has 1 N–H and O–H groups in total. The molecule has 0 saturated carbocycles. The van der Waals surface area contributed by atoms with Gasteiger partial charge in [-0.1, -0.05) is 35.0 Å². The third-order valence-corrected chi connectivity index (χ3v) is 3.71. The van der Waals surface area contributed by atoms with Gasteiger partial charge in [0.1, 0.15) is 5.69 Å². The Morgan fingerprint density at radius 2 is 1.95 bits per heavy atom. The Balaban J connectivity index is 2.17. The monoisotopic (exact) mass is 349 g/mol. The number of aryl methyl sites for hydroxylation is 1. The van der Waals surface area contributed by atoms with Crippen molar-refractivity contribution in [3.63, 3.8) is 0 Å². The van der Waals surface area contributed by atoms with Crippen molar-refractivity contribution in [2.24, 2.45) is 7.05 Å². The molecule has 1 aromatic heterocycles. The summed E-state index contributed by atoms with van der Waals surface area (Å²) in [6.45, 7) is 2.00. The van der Waals surface area contributed by atoms with Crippen LogP contribution in [0.1, 0.15) is 35.4 Å². The molecule has 1 heterocycles. The zero-order valence-electron chi connectivity index (χ0n) is 11.8. The van der Waals surface area contributed by atoms with Crippen LogP contribution in [0.4, 0.5) is 0 Å². The number of hydrogen-bond donors (Lipinski definition) is 1. The van der Waals surface area contributed by atoms with Crippen LogP contribution in [0.2, 0.25) is 0 Å².